The maximum atomic E-state index is 12.7. The van der Waals surface area contributed by atoms with Crippen LogP contribution < -0.4 is 5.11 Å². The van der Waals surface area contributed by atoms with Crippen LogP contribution in [0, 0.1) is 10.1 Å². The number of nitro groups is 1. The van der Waals surface area contributed by atoms with Crippen LogP contribution in [0.2, 0.25) is 0 Å². The van der Waals surface area contributed by atoms with Crippen LogP contribution in [0.15, 0.2) is 6.33 Å². The van der Waals surface area contributed by atoms with E-state index >= 15 is 0 Å². The first-order valence-corrected chi connectivity index (χ1v) is 4.98. The van der Waals surface area contributed by atoms with Crippen molar-refractivity contribution in [3.63, 3.8) is 0 Å². The summed E-state index contributed by atoms with van der Waals surface area (Å²) < 4.78 is 38.4. The molecular formula is C7HF3N3O4S-. The van der Waals surface area contributed by atoms with E-state index in [9.17, 15) is 33.2 Å². The van der Waals surface area contributed by atoms with Crippen LogP contribution in [0.5, 0.6) is 0 Å². The maximum absolute atomic E-state index is 12.7. The van der Waals surface area contributed by atoms with Gasteiger partial charge in [-0.25, -0.2) is 0 Å². The van der Waals surface area contributed by atoms with Crippen molar-refractivity contribution in [3.05, 3.63) is 27.0 Å². The molecule has 2 aromatic heterocycles. The molecule has 0 N–H and O–H groups in total. The van der Waals surface area contributed by atoms with Crippen LogP contribution >= 0.6 is 11.3 Å². The SMILES string of the molecule is O=C([O-])c1sc2c([N+](=O)[O-])ncn2c1C(F)(F)F. The van der Waals surface area contributed by atoms with E-state index in [1.54, 1.807) is 0 Å². The van der Waals surface area contributed by atoms with Gasteiger partial charge in [0.15, 0.2) is 5.69 Å². The van der Waals surface area contributed by atoms with Gasteiger partial charge in [0.2, 0.25) is 11.2 Å². The molecule has 2 rings (SSSR count). The lowest BCUT2D eigenvalue weighted by Gasteiger charge is -2.07. The zero-order chi connectivity index (χ0) is 13.7. The first-order chi connectivity index (χ1) is 8.23. The number of carboxylic acid groups (broad SMARTS) is 1. The summed E-state index contributed by atoms with van der Waals surface area (Å²) in [7, 11) is 0. The van der Waals surface area contributed by atoms with Crippen molar-refractivity contribution in [1.82, 2.24) is 9.38 Å². The topological polar surface area (TPSA) is 101 Å². The molecule has 96 valence electrons. The number of fused-ring (bicyclic) bond motifs is 1. The van der Waals surface area contributed by atoms with Crippen molar-refractivity contribution in [2.75, 3.05) is 0 Å². The van der Waals surface area contributed by atoms with E-state index in [4.69, 9.17) is 0 Å². The van der Waals surface area contributed by atoms with E-state index in [-0.39, 0.29) is 11.3 Å². The van der Waals surface area contributed by atoms with Gasteiger partial charge in [0, 0.05) is 0 Å². The van der Waals surface area contributed by atoms with Crippen molar-refractivity contribution < 1.29 is 28.0 Å². The summed E-state index contributed by atoms with van der Waals surface area (Å²) in [6.07, 6.45) is -4.43. The van der Waals surface area contributed by atoms with Gasteiger partial charge in [-0.2, -0.15) is 13.2 Å². The number of hydrogen-bond donors (Lipinski definition) is 0. The summed E-state index contributed by atoms with van der Waals surface area (Å²) in [5.41, 5.74) is -1.54. The predicted octanol–water partition coefficient (Wildman–Crippen LogP) is 0.686. The van der Waals surface area contributed by atoms with Gasteiger partial charge < -0.3 is 20.0 Å². The summed E-state index contributed by atoms with van der Waals surface area (Å²) >= 11 is 0.0972. The van der Waals surface area contributed by atoms with Crippen molar-refractivity contribution in [2.24, 2.45) is 0 Å². The largest absolute Gasteiger partial charge is 0.544 e. The third-order valence-corrected chi connectivity index (χ3v) is 3.12. The van der Waals surface area contributed by atoms with Gasteiger partial charge in [0.25, 0.3) is 0 Å². The van der Waals surface area contributed by atoms with Gasteiger partial charge in [0.1, 0.15) is 0 Å². The standard InChI is InChI=1S/C7H2F3N3O4S/c8-7(9,10)3-2(6(14)15)18-5-4(13(16)17)11-1-12(3)5/h1H,(H,14,15)/p-1. The Morgan fingerprint density at radius 2 is 2.11 bits per heavy atom. The Morgan fingerprint density at radius 1 is 1.50 bits per heavy atom. The monoisotopic (exact) mass is 280 g/mol. The number of aromatic nitrogens is 2. The van der Waals surface area contributed by atoms with Crippen molar-refractivity contribution >= 4 is 28.0 Å². The number of carboxylic acids is 1. The molecule has 0 fully saturated rings. The minimum absolute atomic E-state index is 0.0972. The van der Waals surface area contributed by atoms with E-state index in [1.807, 2.05) is 0 Å². The lowest BCUT2D eigenvalue weighted by Crippen LogP contribution is -2.25. The number of alkyl halides is 3. The number of hydrogen-bond acceptors (Lipinski definition) is 6. The Bertz CT molecular complexity index is 659. The van der Waals surface area contributed by atoms with Gasteiger partial charge in [-0.3, -0.25) is 4.40 Å². The number of halogens is 3. The predicted molar refractivity (Wildman–Crippen MR) is 49.1 cm³/mol. The Hall–Kier alpha value is -2.17. The molecule has 0 aromatic carbocycles. The molecule has 0 aliphatic carbocycles. The third kappa shape index (κ3) is 1.68. The van der Waals surface area contributed by atoms with Crippen LogP contribution in [-0.4, -0.2) is 20.3 Å². The molecule has 11 heteroatoms. The number of nitrogens with zero attached hydrogens (tertiary/aromatic N) is 3. The van der Waals surface area contributed by atoms with Gasteiger partial charge in [0.05, 0.1) is 10.8 Å². The van der Waals surface area contributed by atoms with Gasteiger partial charge in [-0.05, 0) is 9.91 Å². The highest BCUT2D eigenvalue weighted by Gasteiger charge is 2.40. The third-order valence-electron chi connectivity index (χ3n) is 1.99. The van der Waals surface area contributed by atoms with E-state index < -0.39 is 38.3 Å². The van der Waals surface area contributed by atoms with Crippen LogP contribution in [0.1, 0.15) is 15.4 Å². The highest BCUT2D eigenvalue weighted by Crippen LogP contribution is 2.39. The number of aromatic carboxylic acids is 1. The Morgan fingerprint density at radius 3 is 2.56 bits per heavy atom. The fraction of sp³-hybridized carbons (Fsp3) is 0.143. The first-order valence-electron chi connectivity index (χ1n) is 4.16. The number of carbonyl (C=O) groups excluding carboxylic acids is 1. The van der Waals surface area contributed by atoms with Crippen LogP contribution in [0.4, 0.5) is 19.0 Å². The van der Waals surface area contributed by atoms with E-state index in [0.717, 1.165) is 0 Å². The molecule has 0 spiro atoms. The molecule has 0 aliphatic heterocycles. The second-order valence-corrected chi connectivity index (χ2v) is 4.06. The second kappa shape index (κ2) is 3.66. The average Bonchev–Trinajstić information content (AvgIpc) is 2.70. The lowest BCUT2D eigenvalue weighted by molar-refractivity contribution is -0.387. The molecule has 0 unspecified atom stereocenters. The summed E-state index contributed by atoms with van der Waals surface area (Å²) in [6.45, 7) is 0. The summed E-state index contributed by atoms with van der Waals surface area (Å²) in [5, 5.41) is 21.1. The van der Waals surface area contributed by atoms with Gasteiger partial charge in [-0.1, -0.05) is 0 Å². The van der Waals surface area contributed by atoms with Gasteiger partial charge in [-0.15, -0.1) is 11.3 Å². The fourth-order valence-electron chi connectivity index (χ4n) is 1.37. The van der Waals surface area contributed by atoms with Crippen LogP contribution in [-0.2, 0) is 6.18 Å². The van der Waals surface area contributed by atoms with Crippen LogP contribution in [0.25, 0.3) is 4.83 Å². The van der Waals surface area contributed by atoms with Gasteiger partial charge >= 0.3 is 12.0 Å². The minimum atomic E-state index is -4.98. The smallest absolute Gasteiger partial charge is 0.433 e. The second-order valence-electron chi connectivity index (χ2n) is 3.07. The summed E-state index contributed by atoms with van der Waals surface area (Å²) in [5.74, 6) is -2.89. The number of carbonyl (C=O) groups is 1. The van der Waals surface area contributed by atoms with Crippen molar-refractivity contribution in [1.29, 1.82) is 0 Å². The Balaban J connectivity index is 2.85. The molecule has 0 amide bonds. The van der Waals surface area contributed by atoms with Crippen LogP contribution in [0.3, 0.4) is 0 Å². The molecule has 0 atom stereocenters. The molecule has 2 heterocycles. The van der Waals surface area contributed by atoms with E-state index in [1.165, 1.54) is 0 Å². The van der Waals surface area contributed by atoms with E-state index in [0.29, 0.717) is 10.7 Å². The molecule has 0 aliphatic rings. The lowest BCUT2D eigenvalue weighted by atomic mass is 10.3. The highest BCUT2D eigenvalue weighted by molar-refractivity contribution is 7.19. The number of rotatable bonds is 2. The zero-order valence-electron chi connectivity index (χ0n) is 8.09. The summed E-state index contributed by atoms with van der Waals surface area (Å²) in [6, 6.07) is 0. The zero-order valence-corrected chi connectivity index (χ0v) is 8.91. The maximum Gasteiger partial charge on any atom is 0.433 e. The number of imidazole rings is 1. The van der Waals surface area contributed by atoms with E-state index in [2.05, 4.69) is 4.98 Å². The molecule has 0 saturated carbocycles. The van der Waals surface area contributed by atoms with Crippen molar-refractivity contribution in [3.8, 4) is 0 Å². The molecular weight excluding hydrogens is 279 g/mol. The Labute approximate surface area is 99.2 Å². The molecule has 0 saturated heterocycles. The minimum Gasteiger partial charge on any atom is -0.544 e. The number of thiazole rings is 1. The molecule has 0 bridgehead atoms. The summed E-state index contributed by atoms with van der Waals surface area (Å²) in [4.78, 5) is 21.7. The molecule has 7 nitrogen and oxygen atoms in total. The molecule has 18 heavy (non-hydrogen) atoms. The fourth-order valence-corrected chi connectivity index (χ4v) is 2.41. The quantitative estimate of drug-likeness (QED) is 0.595. The highest BCUT2D eigenvalue weighted by atomic mass is 32.1. The average molecular weight is 280 g/mol. The first kappa shape index (κ1) is 12.3. The molecule has 0 radical (unpaired) electrons. The van der Waals surface area contributed by atoms with Crippen molar-refractivity contribution in [2.45, 2.75) is 6.18 Å². The molecule has 2 aromatic rings. The normalized spacial score (nSPS) is 11.9. The Kier molecular flexibility index (Phi) is 2.50.